The normalized spacial score (nSPS) is 15.6. The standard InChI is InChI=1S/C23H33N5O6/c1-4-12(2)19(24)22(32)27-17(9-14-10-25-16-8-6-5-7-15(14)16)20(30)28-18(11-29)21(31)26-13(3)23(33)34/h5-8,10,12-13,17-19,25,29H,4,9,11,24H2,1-3H3,(H,26,31)(H,27,32)(H,28,30)(H,33,34). The highest BCUT2D eigenvalue weighted by Gasteiger charge is 2.30. The zero-order chi connectivity index (χ0) is 25.4. The Balaban J connectivity index is 2.24. The summed E-state index contributed by atoms with van der Waals surface area (Å²) in [5, 5.41) is 26.7. The van der Waals surface area contributed by atoms with Crippen LogP contribution >= 0.6 is 0 Å². The first kappa shape index (κ1) is 26.8. The largest absolute Gasteiger partial charge is 0.480 e. The van der Waals surface area contributed by atoms with E-state index in [1.165, 1.54) is 6.92 Å². The second kappa shape index (κ2) is 12.1. The van der Waals surface area contributed by atoms with Crippen LogP contribution in [-0.2, 0) is 25.6 Å². The number of H-pyrrole nitrogens is 1. The van der Waals surface area contributed by atoms with Crippen LogP contribution in [0.3, 0.4) is 0 Å². The van der Waals surface area contributed by atoms with E-state index in [2.05, 4.69) is 20.9 Å². The number of nitrogens with two attached hydrogens (primary N) is 1. The number of nitrogens with one attached hydrogen (secondary N) is 4. The molecule has 0 radical (unpaired) electrons. The van der Waals surface area contributed by atoms with E-state index in [1.807, 2.05) is 38.1 Å². The molecule has 0 aliphatic carbocycles. The first-order chi connectivity index (χ1) is 16.1. The van der Waals surface area contributed by atoms with Gasteiger partial charge in [-0.05, 0) is 24.5 Å². The second-order valence-electron chi connectivity index (χ2n) is 8.35. The number of carboxylic acids is 1. The van der Waals surface area contributed by atoms with E-state index in [4.69, 9.17) is 10.8 Å². The Morgan fingerprint density at radius 3 is 2.24 bits per heavy atom. The molecule has 5 unspecified atom stereocenters. The number of hydrogen-bond donors (Lipinski definition) is 7. The molecule has 2 rings (SSSR count). The van der Waals surface area contributed by atoms with Crippen LogP contribution in [0.5, 0.6) is 0 Å². The molecule has 0 spiro atoms. The highest BCUT2D eigenvalue weighted by molar-refractivity contribution is 5.95. The van der Waals surface area contributed by atoms with E-state index in [0.29, 0.717) is 6.42 Å². The number of rotatable bonds is 12. The van der Waals surface area contributed by atoms with E-state index in [-0.39, 0.29) is 12.3 Å². The topological polar surface area (TPSA) is 187 Å². The predicted molar refractivity (Wildman–Crippen MR) is 126 cm³/mol. The molecule has 34 heavy (non-hydrogen) atoms. The minimum Gasteiger partial charge on any atom is -0.480 e. The van der Waals surface area contributed by atoms with Crippen molar-refractivity contribution in [2.75, 3.05) is 6.61 Å². The van der Waals surface area contributed by atoms with Crippen molar-refractivity contribution in [3.63, 3.8) is 0 Å². The Kier molecular flexibility index (Phi) is 9.58. The maximum absolute atomic E-state index is 13.1. The summed E-state index contributed by atoms with van der Waals surface area (Å²) < 4.78 is 0. The third kappa shape index (κ3) is 6.78. The molecule has 0 saturated heterocycles. The number of aliphatic hydroxyl groups excluding tert-OH is 1. The van der Waals surface area contributed by atoms with E-state index in [1.54, 1.807) is 6.20 Å². The molecule has 0 aliphatic heterocycles. The average Bonchev–Trinajstić information content (AvgIpc) is 3.23. The highest BCUT2D eigenvalue weighted by atomic mass is 16.4. The van der Waals surface area contributed by atoms with Gasteiger partial charge < -0.3 is 36.9 Å². The second-order valence-corrected chi connectivity index (χ2v) is 8.35. The molecule has 0 fully saturated rings. The lowest BCUT2D eigenvalue weighted by Gasteiger charge is -2.25. The lowest BCUT2D eigenvalue weighted by atomic mass is 9.98. The number of aliphatic hydroxyl groups is 1. The van der Waals surface area contributed by atoms with Crippen LogP contribution in [0.4, 0.5) is 0 Å². The monoisotopic (exact) mass is 475 g/mol. The lowest BCUT2D eigenvalue weighted by Crippen LogP contribution is -2.58. The van der Waals surface area contributed by atoms with Crippen LogP contribution in [-0.4, -0.2) is 69.7 Å². The van der Waals surface area contributed by atoms with Gasteiger partial charge in [0.05, 0.1) is 12.6 Å². The summed E-state index contributed by atoms with van der Waals surface area (Å²) in [6.07, 6.45) is 2.50. The predicted octanol–water partition coefficient (Wildman–Crippen LogP) is -0.365. The Labute approximate surface area is 197 Å². The van der Waals surface area contributed by atoms with Crippen molar-refractivity contribution in [1.82, 2.24) is 20.9 Å². The summed E-state index contributed by atoms with van der Waals surface area (Å²) in [7, 11) is 0. The molecule has 11 nitrogen and oxygen atoms in total. The highest BCUT2D eigenvalue weighted by Crippen LogP contribution is 2.19. The number of carboxylic acid groups (broad SMARTS) is 1. The first-order valence-electron chi connectivity index (χ1n) is 11.1. The quantitative estimate of drug-likeness (QED) is 0.218. The maximum atomic E-state index is 13.1. The molecular weight excluding hydrogens is 442 g/mol. The number of hydrogen-bond acceptors (Lipinski definition) is 6. The number of aromatic nitrogens is 1. The third-order valence-corrected chi connectivity index (χ3v) is 5.84. The van der Waals surface area contributed by atoms with Crippen molar-refractivity contribution < 1.29 is 29.4 Å². The Morgan fingerprint density at radius 1 is 1.00 bits per heavy atom. The number of para-hydroxylation sites is 1. The van der Waals surface area contributed by atoms with Crippen LogP contribution in [0.2, 0.25) is 0 Å². The van der Waals surface area contributed by atoms with Crippen LogP contribution in [0.25, 0.3) is 10.9 Å². The number of benzene rings is 1. The first-order valence-corrected chi connectivity index (χ1v) is 11.1. The number of aromatic amines is 1. The van der Waals surface area contributed by atoms with E-state index >= 15 is 0 Å². The summed E-state index contributed by atoms with van der Waals surface area (Å²) >= 11 is 0. The van der Waals surface area contributed by atoms with Crippen LogP contribution in [0.15, 0.2) is 30.5 Å². The number of fused-ring (bicyclic) bond motifs is 1. The fourth-order valence-corrected chi connectivity index (χ4v) is 3.35. The van der Waals surface area contributed by atoms with E-state index in [0.717, 1.165) is 16.5 Å². The molecule has 0 saturated carbocycles. The molecule has 0 aliphatic rings. The molecule has 11 heteroatoms. The zero-order valence-electron chi connectivity index (χ0n) is 19.5. The Hall–Kier alpha value is -3.44. The summed E-state index contributed by atoms with van der Waals surface area (Å²) in [4.78, 5) is 52.3. The van der Waals surface area contributed by atoms with Crippen molar-refractivity contribution in [3.05, 3.63) is 36.0 Å². The van der Waals surface area contributed by atoms with Gasteiger partial charge in [-0.25, -0.2) is 0 Å². The van der Waals surface area contributed by atoms with Gasteiger partial charge in [-0.1, -0.05) is 38.5 Å². The molecular formula is C23H33N5O6. The molecule has 1 aromatic heterocycles. The van der Waals surface area contributed by atoms with Gasteiger partial charge in [0.15, 0.2) is 0 Å². The molecule has 8 N–H and O–H groups in total. The fourth-order valence-electron chi connectivity index (χ4n) is 3.35. The smallest absolute Gasteiger partial charge is 0.325 e. The van der Waals surface area contributed by atoms with Crippen molar-refractivity contribution in [2.45, 2.75) is 57.8 Å². The number of amides is 3. The van der Waals surface area contributed by atoms with Crippen molar-refractivity contribution in [3.8, 4) is 0 Å². The molecule has 2 aromatic rings. The number of carbonyl (C=O) groups is 4. The van der Waals surface area contributed by atoms with E-state index in [9.17, 15) is 24.3 Å². The molecule has 186 valence electrons. The van der Waals surface area contributed by atoms with Crippen LogP contribution in [0.1, 0.15) is 32.8 Å². The van der Waals surface area contributed by atoms with Gasteiger partial charge in [0.1, 0.15) is 18.1 Å². The molecule has 3 amide bonds. The SMILES string of the molecule is CCC(C)C(N)C(=O)NC(Cc1c[nH]c2ccccc12)C(=O)NC(CO)C(=O)NC(C)C(=O)O. The van der Waals surface area contributed by atoms with Gasteiger partial charge in [0, 0.05) is 23.5 Å². The van der Waals surface area contributed by atoms with Gasteiger partial charge in [0.25, 0.3) is 0 Å². The van der Waals surface area contributed by atoms with Gasteiger partial charge in [-0.15, -0.1) is 0 Å². The lowest BCUT2D eigenvalue weighted by molar-refractivity contribution is -0.142. The molecule has 5 atom stereocenters. The third-order valence-electron chi connectivity index (χ3n) is 5.84. The maximum Gasteiger partial charge on any atom is 0.325 e. The number of aliphatic carboxylic acids is 1. The average molecular weight is 476 g/mol. The van der Waals surface area contributed by atoms with E-state index < -0.39 is 54.5 Å². The minimum absolute atomic E-state index is 0.0973. The summed E-state index contributed by atoms with van der Waals surface area (Å²) in [5.74, 6) is -3.48. The van der Waals surface area contributed by atoms with Crippen molar-refractivity contribution in [2.24, 2.45) is 11.7 Å². The number of carbonyl (C=O) groups excluding carboxylic acids is 3. The zero-order valence-corrected chi connectivity index (χ0v) is 19.5. The Morgan fingerprint density at radius 2 is 1.62 bits per heavy atom. The molecule has 0 bridgehead atoms. The van der Waals surface area contributed by atoms with Gasteiger partial charge >= 0.3 is 5.97 Å². The van der Waals surface area contributed by atoms with Gasteiger partial charge in [-0.2, -0.15) is 0 Å². The molecule has 1 aromatic carbocycles. The van der Waals surface area contributed by atoms with Crippen LogP contribution < -0.4 is 21.7 Å². The summed E-state index contributed by atoms with van der Waals surface area (Å²) in [6.45, 7) is 4.22. The Bertz CT molecular complexity index is 1020. The van der Waals surface area contributed by atoms with Gasteiger partial charge in [-0.3, -0.25) is 19.2 Å². The van der Waals surface area contributed by atoms with Gasteiger partial charge in [0.2, 0.25) is 17.7 Å². The summed E-state index contributed by atoms with van der Waals surface area (Å²) in [5.41, 5.74) is 7.65. The van der Waals surface area contributed by atoms with Crippen molar-refractivity contribution >= 4 is 34.6 Å². The fraction of sp³-hybridized carbons (Fsp3) is 0.478. The van der Waals surface area contributed by atoms with Crippen LogP contribution in [0, 0.1) is 5.92 Å². The molecule has 1 heterocycles. The van der Waals surface area contributed by atoms with Crippen molar-refractivity contribution in [1.29, 1.82) is 0 Å². The minimum atomic E-state index is -1.40. The summed E-state index contributed by atoms with van der Waals surface area (Å²) in [6, 6.07) is 2.91.